The van der Waals surface area contributed by atoms with Crippen molar-refractivity contribution in [2.24, 2.45) is 11.8 Å². The van der Waals surface area contributed by atoms with Gasteiger partial charge >= 0.3 is 6.18 Å². The molecule has 5 nitrogen and oxygen atoms in total. The predicted octanol–water partition coefficient (Wildman–Crippen LogP) is 2.24. The summed E-state index contributed by atoms with van der Waals surface area (Å²) in [6.07, 6.45) is -4.74. The quantitative estimate of drug-likeness (QED) is 0.661. The molecule has 1 aromatic rings. The Hall–Kier alpha value is -1.83. The van der Waals surface area contributed by atoms with E-state index in [1.54, 1.807) is 0 Å². The number of halogens is 3. The number of piperidine rings is 1. The van der Waals surface area contributed by atoms with E-state index in [2.05, 4.69) is 10.6 Å². The van der Waals surface area contributed by atoms with Gasteiger partial charge in [0.2, 0.25) is 0 Å². The predicted molar refractivity (Wildman–Crippen MR) is 65.4 cm³/mol. The zero-order valence-corrected chi connectivity index (χ0v) is 10.3. The third-order valence-electron chi connectivity index (χ3n) is 3.92. The lowest BCUT2D eigenvalue weighted by Crippen LogP contribution is -2.21. The van der Waals surface area contributed by atoms with Gasteiger partial charge in [0.25, 0.3) is 5.69 Å². The molecule has 2 atom stereocenters. The van der Waals surface area contributed by atoms with Gasteiger partial charge in [-0.15, -0.1) is 0 Å². The van der Waals surface area contributed by atoms with Crippen molar-refractivity contribution in [1.82, 2.24) is 5.32 Å². The van der Waals surface area contributed by atoms with Gasteiger partial charge in [0.05, 0.1) is 4.92 Å². The first-order valence-corrected chi connectivity index (χ1v) is 6.21. The molecule has 0 radical (unpaired) electrons. The summed E-state index contributed by atoms with van der Waals surface area (Å²) >= 11 is 0. The van der Waals surface area contributed by atoms with Gasteiger partial charge in [-0.05, 0) is 24.0 Å². The number of benzene rings is 1. The van der Waals surface area contributed by atoms with Gasteiger partial charge in [-0.2, -0.15) is 13.2 Å². The summed E-state index contributed by atoms with van der Waals surface area (Å²) in [4.78, 5) is 9.64. The average Bonchev–Trinajstić information content (AvgIpc) is 2.82. The van der Waals surface area contributed by atoms with E-state index < -0.39 is 22.4 Å². The van der Waals surface area contributed by atoms with Crippen molar-refractivity contribution in [1.29, 1.82) is 0 Å². The molecule has 2 N–H and O–H groups in total. The summed E-state index contributed by atoms with van der Waals surface area (Å²) in [5, 5.41) is 16.9. The average molecular weight is 287 g/mol. The Balaban J connectivity index is 1.84. The van der Waals surface area contributed by atoms with E-state index in [1.165, 1.54) is 6.07 Å². The highest BCUT2D eigenvalue weighted by Crippen LogP contribution is 2.44. The van der Waals surface area contributed by atoms with E-state index in [1.807, 2.05) is 0 Å². The van der Waals surface area contributed by atoms with Crippen molar-refractivity contribution in [3.8, 4) is 0 Å². The molecule has 0 bridgehead atoms. The van der Waals surface area contributed by atoms with E-state index in [4.69, 9.17) is 0 Å². The van der Waals surface area contributed by atoms with Crippen LogP contribution in [0.3, 0.4) is 0 Å². The Morgan fingerprint density at radius 2 is 1.95 bits per heavy atom. The minimum Gasteiger partial charge on any atom is -0.382 e. The van der Waals surface area contributed by atoms with Gasteiger partial charge in [-0.25, -0.2) is 0 Å². The van der Waals surface area contributed by atoms with Crippen LogP contribution in [0, 0.1) is 22.0 Å². The van der Waals surface area contributed by atoms with Crippen molar-refractivity contribution in [2.75, 3.05) is 18.4 Å². The maximum absolute atomic E-state index is 12.8. The molecule has 3 rings (SSSR count). The summed E-state index contributed by atoms with van der Waals surface area (Å²) in [6, 6.07) is 3.22. The zero-order chi connectivity index (χ0) is 14.5. The van der Waals surface area contributed by atoms with Gasteiger partial charge in [-0.1, -0.05) is 0 Å². The van der Waals surface area contributed by atoms with Crippen LogP contribution in [0.1, 0.15) is 5.56 Å². The second kappa shape index (κ2) is 4.34. The molecule has 2 aliphatic rings. The summed E-state index contributed by atoms with van der Waals surface area (Å²) < 4.78 is 38.5. The third-order valence-corrected chi connectivity index (χ3v) is 3.92. The van der Waals surface area contributed by atoms with Gasteiger partial charge in [0.1, 0.15) is 5.56 Å². The molecule has 0 spiro atoms. The third kappa shape index (κ3) is 2.20. The van der Waals surface area contributed by atoms with Gasteiger partial charge in [-0.3, -0.25) is 10.1 Å². The minimum atomic E-state index is -4.74. The lowest BCUT2D eigenvalue weighted by molar-refractivity contribution is -0.388. The van der Waals surface area contributed by atoms with Gasteiger partial charge < -0.3 is 10.6 Å². The van der Waals surface area contributed by atoms with Crippen LogP contribution >= 0.6 is 0 Å². The van der Waals surface area contributed by atoms with Crippen LogP contribution in [0.2, 0.25) is 0 Å². The summed E-state index contributed by atoms with van der Waals surface area (Å²) in [7, 11) is 0. The van der Waals surface area contributed by atoms with Gasteiger partial charge in [0, 0.05) is 30.9 Å². The Bertz CT molecular complexity index is 551. The number of hydrogen-bond donors (Lipinski definition) is 2. The second-order valence-corrected chi connectivity index (χ2v) is 5.14. The molecule has 0 aromatic heterocycles. The molecule has 1 saturated heterocycles. The Morgan fingerprint density at radius 3 is 2.50 bits per heavy atom. The van der Waals surface area contributed by atoms with E-state index in [0.717, 1.165) is 25.2 Å². The summed E-state index contributed by atoms with van der Waals surface area (Å²) in [5.41, 5.74) is -1.85. The molecular formula is C12H12F3N3O2. The number of nitro benzene ring substituents is 1. The molecule has 108 valence electrons. The fourth-order valence-electron chi connectivity index (χ4n) is 2.84. The second-order valence-electron chi connectivity index (χ2n) is 5.14. The van der Waals surface area contributed by atoms with E-state index in [0.29, 0.717) is 11.8 Å². The molecule has 1 saturated carbocycles. The van der Waals surface area contributed by atoms with Gasteiger partial charge in [0.15, 0.2) is 0 Å². The standard InChI is InChI=1S/C12H12F3N3O2/c13-12(14,15)9-3-6(1-2-10(9)18(19)20)17-11-7-4-16-5-8(7)11/h1-3,7-8,11,16-17H,4-5H2. The molecule has 1 heterocycles. The monoisotopic (exact) mass is 287 g/mol. The zero-order valence-electron chi connectivity index (χ0n) is 10.3. The summed E-state index contributed by atoms with van der Waals surface area (Å²) in [5.74, 6) is 0.888. The fourth-order valence-corrected chi connectivity index (χ4v) is 2.84. The highest BCUT2D eigenvalue weighted by Gasteiger charge is 2.53. The smallest absolute Gasteiger partial charge is 0.382 e. The highest BCUT2D eigenvalue weighted by atomic mass is 19.4. The van der Waals surface area contributed by atoms with E-state index in [9.17, 15) is 23.3 Å². The van der Waals surface area contributed by atoms with Crippen LogP contribution in [0.15, 0.2) is 18.2 Å². The van der Waals surface area contributed by atoms with Crippen molar-refractivity contribution in [3.63, 3.8) is 0 Å². The van der Waals surface area contributed by atoms with Crippen molar-refractivity contribution >= 4 is 11.4 Å². The molecule has 0 amide bonds. The van der Waals surface area contributed by atoms with Crippen LogP contribution in [0.4, 0.5) is 24.5 Å². The highest BCUT2D eigenvalue weighted by molar-refractivity contribution is 5.56. The van der Waals surface area contributed by atoms with E-state index in [-0.39, 0.29) is 11.7 Å². The lowest BCUT2D eigenvalue weighted by atomic mass is 10.1. The number of anilines is 1. The fraction of sp³-hybridized carbons (Fsp3) is 0.500. The lowest BCUT2D eigenvalue weighted by Gasteiger charge is -2.12. The molecule has 2 unspecified atom stereocenters. The van der Waals surface area contributed by atoms with Crippen molar-refractivity contribution in [3.05, 3.63) is 33.9 Å². The first kappa shape index (κ1) is 13.2. The molecule has 2 fully saturated rings. The normalized spacial score (nSPS) is 28.1. The molecule has 20 heavy (non-hydrogen) atoms. The van der Waals surface area contributed by atoms with Crippen molar-refractivity contribution in [2.45, 2.75) is 12.2 Å². The maximum atomic E-state index is 12.8. The molecule has 8 heteroatoms. The van der Waals surface area contributed by atoms with Crippen LogP contribution in [-0.4, -0.2) is 24.1 Å². The number of nitro groups is 1. The minimum absolute atomic E-state index is 0.166. The Kier molecular flexibility index (Phi) is 2.86. The van der Waals surface area contributed by atoms with Crippen LogP contribution in [0.25, 0.3) is 0 Å². The SMILES string of the molecule is O=[N+]([O-])c1ccc(NC2C3CNCC32)cc1C(F)(F)F. The molecule has 1 aromatic carbocycles. The number of hydrogen-bond acceptors (Lipinski definition) is 4. The van der Waals surface area contributed by atoms with Crippen molar-refractivity contribution < 1.29 is 18.1 Å². The first-order valence-electron chi connectivity index (χ1n) is 6.21. The summed E-state index contributed by atoms with van der Waals surface area (Å²) in [6.45, 7) is 1.73. The number of rotatable bonds is 3. The maximum Gasteiger partial charge on any atom is 0.423 e. The molecular weight excluding hydrogens is 275 g/mol. The number of alkyl halides is 3. The van der Waals surface area contributed by atoms with Crippen LogP contribution in [0.5, 0.6) is 0 Å². The number of nitrogens with zero attached hydrogens (tertiary/aromatic N) is 1. The number of nitrogens with one attached hydrogen (secondary N) is 2. The van der Waals surface area contributed by atoms with Crippen LogP contribution in [-0.2, 0) is 6.18 Å². The van der Waals surface area contributed by atoms with Crippen LogP contribution < -0.4 is 10.6 Å². The molecule has 1 aliphatic carbocycles. The number of fused-ring (bicyclic) bond motifs is 1. The Labute approximate surface area is 112 Å². The molecule has 1 aliphatic heterocycles. The topological polar surface area (TPSA) is 67.2 Å². The first-order chi connectivity index (χ1) is 9.38. The Morgan fingerprint density at radius 1 is 1.30 bits per heavy atom. The largest absolute Gasteiger partial charge is 0.423 e. The van der Waals surface area contributed by atoms with E-state index >= 15 is 0 Å².